The lowest BCUT2D eigenvalue weighted by atomic mass is 9.90. The van der Waals surface area contributed by atoms with Gasteiger partial charge < -0.3 is 10.1 Å². The molecule has 2 N–H and O–H groups in total. The van der Waals surface area contributed by atoms with Crippen LogP contribution in [0.4, 0.5) is 4.79 Å². The monoisotopic (exact) mass is 268 g/mol. The molecule has 96 valence electrons. The van der Waals surface area contributed by atoms with Crippen molar-refractivity contribution in [2.75, 3.05) is 7.11 Å². The number of amides is 3. The van der Waals surface area contributed by atoms with E-state index in [9.17, 15) is 9.59 Å². The van der Waals surface area contributed by atoms with Gasteiger partial charge in [-0.2, -0.15) is 0 Å². The summed E-state index contributed by atoms with van der Waals surface area (Å²) in [4.78, 5) is 23.2. The smallest absolute Gasteiger partial charge is 0.322 e. The lowest BCUT2D eigenvalue weighted by Gasteiger charge is -2.24. The van der Waals surface area contributed by atoms with Gasteiger partial charge in [-0.05, 0) is 31.5 Å². The minimum atomic E-state index is -1.17. The highest BCUT2D eigenvalue weighted by atomic mass is 35.5. The SMILES string of the molecule is COc1cc(C)c(Cl)cc1C1(C)NC(=O)NC1=O. The number of hydrogen-bond acceptors (Lipinski definition) is 3. The molecule has 0 radical (unpaired) electrons. The number of halogens is 1. The second kappa shape index (κ2) is 4.17. The zero-order valence-corrected chi connectivity index (χ0v) is 11.0. The standard InChI is InChI=1S/C12H13ClN2O3/c1-6-4-9(18-3)7(5-8(6)13)12(2)10(16)14-11(17)15-12/h4-5H,1-3H3,(H2,14,15,16,17). The van der Waals surface area contributed by atoms with E-state index in [0.717, 1.165) is 5.56 Å². The van der Waals surface area contributed by atoms with E-state index in [1.54, 1.807) is 19.1 Å². The zero-order chi connectivity index (χ0) is 13.5. The van der Waals surface area contributed by atoms with E-state index in [-0.39, 0.29) is 0 Å². The van der Waals surface area contributed by atoms with Gasteiger partial charge in [-0.15, -0.1) is 0 Å². The molecule has 1 aromatic rings. The van der Waals surface area contributed by atoms with Crippen LogP contribution < -0.4 is 15.4 Å². The van der Waals surface area contributed by atoms with Crippen LogP contribution >= 0.6 is 11.6 Å². The lowest BCUT2D eigenvalue weighted by molar-refractivity contribution is -0.123. The number of urea groups is 1. The fraction of sp³-hybridized carbons (Fsp3) is 0.333. The third-order valence-corrected chi connectivity index (χ3v) is 3.47. The summed E-state index contributed by atoms with van der Waals surface area (Å²) in [5.41, 5.74) is 0.203. The van der Waals surface area contributed by atoms with E-state index < -0.39 is 17.5 Å². The molecule has 1 aromatic carbocycles. The van der Waals surface area contributed by atoms with Gasteiger partial charge in [0.15, 0.2) is 0 Å². The minimum Gasteiger partial charge on any atom is -0.496 e. The summed E-state index contributed by atoms with van der Waals surface area (Å²) in [5.74, 6) is 0.0856. The van der Waals surface area contributed by atoms with Crippen molar-refractivity contribution in [2.45, 2.75) is 19.4 Å². The molecule has 1 heterocycles. The first-order valence-electron chi connectivity index (χ1n) is 5.36. The molecule has 1 aliphatic rings. The number of benzene rings is 1. The maximum absolute atomic E-state index is 11.9. The maximum atomic E-state index is 11.9. The summed E-state index contributed by atoms with van der Waals surface area (Å²) in [6.07, 6.45) is 0. The highest BCUT2D eigenvalue weighted by Gasteiger charge is 2.45. The van der Waals surface area contributed by atoms with E-state index in [1.807, 2.05) is 6.92 Å². The normalized spacial score (nSPS) is 22.7. The van der Waals surface area contributed by atoms with Crippen LogP contribution in [0.15, 0.2) is 12.1 Å². The Labute approximate surface area is 109 Å². The van der Waals surface area contributed by atoms with Gasteiger partial charge in [0.25, 0.3) is 5.91 Å². The molecule has 3 amide bonds. The summed E-state index contributed by atoms with van der Waals surface area (Å²) in [6.45, 7) is 3.45. The molecule has 1 saturated heterocycles. The number of carbonyl (C=O) groups is 2. The van der Waals surface area contributed by atoms with Gasteiger partial charge in [-0.3, -0.25) is 10.1 Å². The number of methoxy groups -OCH3 is 1. The van der Waals surface area contributed by atoms with Gasteiger partial charge in [0.1, 0.15) is 11.3 Å². The fourth-order valence-electron chi connectivity index (χ4n) is 1.95. The average molecular weight is 269 g/mol. The fourth-order valence-corrected chi connectivity index (χ4v) is 2.11. The number of rotatable bonds is 2. The van der Waals surface area contributed by atoms with Gasteiger partial charge in [0, 0.05) is 10.6 Å². The van der Waals surface area contributed by atoms with E-state index >= 15 is 0 Å². The molecule has 0 saturated carbocycles. The van der Waals surface area contributed by atoms with Crippen molar-refractivity contribution in [1.29, 1.82) is 0 Å². The molecule has 6 heteroatoms. The summed E-state index contributed by atoms with van der Waals surface area (Å²) in [5, 5.41) is 5.30. The molecule has 1 unspecified atom stereocenters. The van der Waals surface area contributed by atoms with Crippen LogP contribution in [-0.4, -0.2) is 19.0 Å². The summed E-state index contributed by atoms with van der Waals surface area (Å²) >= 11 is 6.07. The lowest BCUT2D eigenvalue weighted by Crippen LogP contribution is -2.40. The van der Waals surface area contributed by atoms with Crippen LogP contribution in [-0.2, 0) is 10.3 Å². The van der Waals surface area contributed by atoms with Gasteiger partial charge in [0.05, 0.1) is 7.11 Å². The number of carbonyl (C=O) groups excluding carboxylic acids is 2. The molecule has 0 bridgehead atoms. The molecular weight excluding hydrogens is 256 g/mol. The first-order chi connectivity index (χ1) is 8.38. The highest BCUT2D eigenvalue weighted by molar-refractivity contribution is 6.31. The maximum Gasteiger partial charge on any atom is 0.322 e. The van der Waals surface area contributed by atoms with Gasteiger partial charge in [-0.1, -0.05) is 11.6 Å². The number of hydrogen-bond donors (Lipinski definition) is 2. The molecule has 0 aromatic heterocycles. The van der Waals surface area contributed by atoms with Crippen molar-refractivity contribution >= 4 is 23.5 Å². The van der Waals surface area contributed by atoms with Crippen LogP contribution in [0.2, 0.25) is 5.02 Å². The van der Waals surface area contributed by atoms with E-state index in [4.69, 9.17) is 16.3 Å². The Hall–Kier alpha value is -1.75. The molecule has 1 atom stereocenters. The quantitative estimate of drug-likeness (QED) is 0.803. The largest absolute Gasteiger partial charge is 0.496 e. The minimum absolute atomic E-state index is 0.425. The Kier molecular flexibility index (Phi) is 2.94. The Morgan fingerprint density at radius 2 is 2.00 bits per heavy atom. The molecule has 2 rings (SSSR count). The summed E-state index contributed by atoms with van der Waals surface area (Å²) < 4.78 is 5.25. The van der Waals surface area contributed by atoms with Crippen LogP contribution in [0.5, 0.6) is 5.75 Å². The van der Waals surface area contributed by atoms with Crippen LogP contribution in [0.1, 0.15) is 18.1 Å². The van der Waals surface area contributed by atoms with Gasteiger partial charge in [0.2, 0.25) is 0 Å². The summed E-state index contributed by atoms with van der Waals surface area (Å²) in [7, 11) is 1.50. The van der Waals surface area contributed by atoms with Gasteiger partial charge >= 0.3 is 6.03 Å². The first-order valence-corrected chi connectivity index (χ1v) is 5.74. The molecule has 5 nitrogen and oxygen atoms in total. The van der Waals surface area contributed by atoms with Crippen molar-refractivity contribution in [3.8, 4) is 5.75 Å². The number of nitrogens with one attached hydrogen (secondary N) is 2. The van der Waals surface area contributed by atoms with Crippen molar-refractivity contribution < 1.29 is 14.3 Å². The van der Waals surface area contributed by atoms with Crippen molar-refractivity contribution in [3.63, 3.8) is 0 Å². The molecule has 18 heavy (non-hydrogen) atoms. The zero-order valence-electron chi connectivity index (χ0n) is 10.3. The Bertz CT molecular complexity index is 544. The summed E-state index contributed by atoms with van der Waals surface area (Å²) in [6, 6.07) is 2.85. The predicted octanol–water partition coefficient (Wildman–Crippen LogP) is 1.71. The Morgan fingerprint density at radius 1 is 1.33 bits per heavy atom. The molecule has 0 aliphatic carbocycles. The average Bonchev–Trinajstić information content (AvgIpc) is 2.56. The second-order valence-electron chi connectivity index (χ2n) is 4.33. The number of aryl methyl sites for hydroxylation is 1. The second-order valence-corrected chi connectivity index (χ2v) is 4.74. The van der Waals surface area contributed by atoms with Crippen molar-refractivity contribution in [1.82, 2.24) is 10.6 Å². The van der Waals surface area contributed by atoms with Crippen LogP contribution in [0.3, 0.4) is 0 Å². The van der Waals surface area contributed by atoms with Crippen molar-refractivity contribution in [3.05, 3.63) is 28.3 Å². The molecule has 1 aliphatic heterocycles. The number of imide groups is 1. The molecule has 0 spiro atoms. The Balaban J connectivity index is 2.60. The van der Waals surface area contributed by atoms with Crippen LogP contribution in [0, 0.1) is 6.92 Å². The van der Waals surface area contributed by atoms with E-state index in [1.165, 1.54) is 7.11 Å². The third-order valence-electron chi connectivity index (χ3n) is 3.06. The van der Waals surface area contributed by atoms with E-state index in [0.29, 0.717) is 16.3 Å². The van der Waals surface area contributed by atoms with Crippen molar-refractivity contribution in [2.24, 2.45) is 0 Å². The number of ether oxygens (including phenoxy) is 1. The predicted molar refractivity (Wildman–Crippen MR) is 66.8 cm³/mol. The topological polar surface area (TPSA) is 67.4 Å². The first kappa shape index (κ1) is 12.7. The van der Waals surface area contributed by atoms with Crippen LogP contribution in [0.25, 0.3) is 0 Å². The highest BCUT2D eigenvalue weighted by Crippen LogP contribution is 2.35. The molecular formula is C12H13ClN2O3. The third kappa shape index (κ3) is 1.80. The molecule has 1 fully saturated rings. The van der Waals surface area contributed by atoms with Gasteiger partial charge in [-0.25, -0.2) is 4.79 Å². The Morgan fingerprint density at radius 3 is 2.50 bits per heavy atom. The van der Waals surface area contributed by atoms with E-state index in [2.05, 4.69) is 10.6 Å².